The van der Waals surface area contributed by atoms with E-state index in [9.17, 15) is 22.8 Å². The summed E-state index contributed by atoms with van der Waals surface area (Å²) in [7, 11) is 0. The number of ether oxygens (including phenoxy) is 2. The summed E-state index contributed by atoms with van der Waals surface area (Å²) in [6, 6.07) is 1.57. The van der Waals surface area contributed by atoms with Crippen LogP contribution in [0.25, 0.3) is 0 Å². The lowest BCUT2D eigenvalue weighted by Crippen LogP contribution is -2.35. The third-order valence-corrected chi connectivity index (χ3v) is 3.36. The van der Waals surface area contributed by atoms with Crippen molar-refractivity contribution in [1.29, 1.82) is 0 Å². The second kappa shape index (κ2) is 10.7. The zero-order valence-corrected chi connectivity index (χ0v) is 14.3. The Morgan fingerprint density at radius 2 is 1.76 bits per heavy atom. The Hall–Kier alpha value is -2.09. The zero-order valence-electron chi connectivity index (χ0n) is 14.3. The molecule has 0 aliphatic heterocycles. The van der Waals surface area contributed by atoms with Gasteiger partial charge < -0.3 is 14.4 Å². The van der Waals surface area contributed by atoms with Crippen molar-refractivity contribution in [3.05, 3.63) is 35.1 Å². The average Bonchev–Trinajstić information content (AvgIpc) is 2.59. The number of esters is 1. The fourth-order valence-electron chi connectivity index (χ4n) is 2.14. The van der Waals surface area contributed by atoms with Crippen molar-refractivity contribution >= 4 is 11.9 Å². The molecule has 0 spiro atoms. The van der Waals surface area contributed by atoms with Gasteiger partial charge in [-0.25, -0.2) is 13.2 Å². The van der Waals surface area contributed by atoms with Crippen molar-refractivity contribution in [2.45, 2.75) is 26.7 Å². The first-order valence-electron chi connectivity index (χ1n) is 8.08. The minimum atomic E-state index is -1.70. The molecule has 0 atom stereocenters. The molecule has 0 aromatic heterocycles. The minimum Gasteiger partial charge on any atom is -0.466 e. The summed E-state index contributed by atoms with van der Waals surface area (Å²) in [4.78, 5) is 25.1. The summed E-state index contributed by atoms with van der Waals surface area (Å²) in [5.74, 6) is -5.95. The van der Waals surface area contributed by atoms with Crippen molar-refractivity contribution in [3.8, 4) is 0 Å². The third kappa shape index (κ3) is 6.38. The normalized spacial score (nSPS) is 10.6. The van der Waals surface area contributed by atoms with Gasteiger partial charge in [-0.2, -0.15) is 0 Å². The molecule has 8 heteroatoms. The monoisotopic (exact) mass is 361 g/mol. The quantitative estimate of drug-likeness (QED) is 0.365. The van der Waals surface area contributed by atoms with Gasteiger partial charge in [0.25, 0.3) is 5.91 Å². The van der Waals surface area contributed by atoms with Crippen LogP contribution in [0, 0.1) is 17.5 Å². The first-order chi connectivity index (χ1) is 11.9. The molecular formula is C17H22F3NO4. The number of carbonyl (C=O) groups excluding carboxylic acids is 2. The second-order valence-corrected chi connectivity index (χ2v) is 5.12. The van der Waals surface area contributed by atoms with Gasteiger partial charge >= 0.3 is 5.97 Å². The predicted octanol–water partition coefficient (Wildman–Crippen LogP) is 2.93. The highest BCUT2D eigenvalue weighted by Gasteiger charge is 2.23. The van der Waals surface area contributed by atoms with Crippen LogP contribution in [0.1, 0.15) is 37.0 Å². The molecule has 0 unspecified atom stereocenters. The molecule has 0 bridgehead atoms. The fraction of sp³-hybridized carbons (Fsp3) is 0.529. The molecule has 0 aliphatic carbocycles. The lowest BCUT2D eigenvalue weighted by atomic mass is 10.1. The number of amides is 1. The van der Waals surface area contributed by atoms with Crippen molar-refractivity contribution < 1.29 is 32.2 Å². The summed E-state index contributed by atoms with van der Waals surface area (Å²) < 4.78 is 50.2. The molecule has 1 aromatic carbocycles. The van der Waals surface area contributed by atoms with E-state index in [1.165, 1.54) is 4.90 Å². The molecule has 1 rings (SSSR count). The fourth-order valence-corrected chi connectivity index (χ4v) is 2.14. The first-order valence-corrected chi connectivity index (χ1v) is 8.08. The van der Waals surface area contributed by atoms with Crippen LogP contribution in [0.3, 0.4) is 0 Å². The highest BCUT2D eigenvalue weighted by molar-refractivity contribution is 5.94. The van der Waals surface area contributed by atoms with Gasteiger partial charge in [-0.1, -0.05) is 0 Å². The summed E-state index contributed by atoms with van der Waals surface area (Å²) in [6.07, 6.45) is 0.368. The van der Waals surface area contributed by atoms with Gasteiger partial charge in [-0.15, -0.1) is 0 Å². The summed E-state index contributed by atoms with van der Waals surface area (Å²) in [6.45, 7) is 4.71. The Morgan fingerprint density at radius 3 is 2.40 bits per heavy atom. The van der Waals surface area contributed by atoms with E-state index in [4.69, 9.17) is 9.47 Å². The van der Waals surface area contributed by atoms with E-state index < -0.39 is 34.9 Å². The lowest BCUT2D eigenvalue weighted by molar-refractivity contribution is -0.143. The molecule has 0 radical (unpaired) electrons. The van der Waals surface area contributed by atoms with Gasteiger partial charge in [0, 0.05) is 26.3 Å². The second-order valence-electron chi connectivity index (χ2n) is 5.12. The molecule has 0 fully saturated rings. The molecule has 140 valence electrons. The molecule has 0 saturated heterocycles. The van der Waals surface area contributed by atoms with Crippen LogP contribution in [-0.4, -0.2) is 49.7 Å². The van der Waals surface area contributed by atoms with E-state index in [0.29, 0.717) is 25.7 Å². The van der Waals surface area contributed by atoms with Crippen LogP contribution in [0.2, 0.25) is 0 Å². The zero-order chi connectivity index (χ0) is 18.8. The Bertz CT molecular complexity index is 596. The molecule has 0 saturated carbocycles. The molecule has 5 nitrogen and oxygen atoms in total. The van der Waals surface area contributed by atoms with Crippen LogP contribution in [0.5, 0.6) is 0 Å². The number of halogens is 3. The Morgan fingerprint density at radius 1 is 1.04 bits per heavy atom. The predicted molar refractivity (Wildman–Crippen MR) is 84.6 cm³/mol. The summed E-state index contributed by atoms with van der Waals surface area (Å²) >= 11 is 0. The molecule has 25 heavy (non-hydrogen) atoms. The maximum atomic E-state index is 13.9. The lowest BCUT2D eigenvalue weighted by Gasteiger charge is -2.23. The molecule has 1 amide bonds. The topological polar surface area (TPSA) is 55.8 Å². The van der Waals surface area contributed by atoms with Gasteiger partial charge in [0.15, 0.2) is 17.5 Å². The van der Waals surface area contributed by atoms with Crippen molar-refractivity contribution in [3.63, 3.8) is 0 Å². The Kier molecular flexibility index (Phi) is 8.98. The first kappa shape index (κ1) is 21.0. The molecule has 0 aliphatic rings. The summed E-state index contributed by atoms with van der Waals surface area (Å²) in [5, 5.41) is 0. The van der Waals surface area contributed by atoms with Crippen LogP contribution in [0.15, 0.2) is 12.1 Å². The highest BCUT2D eigenvalue weighted by atomic mass is 19.2. The van der Waals surface area contributed by atoms with Crippen molar-refractivity contribution in [1.82, 2.24) is 4.90 Å². The maximum absolute atomic E-state index is 13.9. The van der Waals surface area contributed by atoms with E-state index in [2.05, 4.69) is 0 Å². The molecule has 0 N–H and O–H groups in total. The molecular weight excluding hydrogens is 339 g/mol. The number of carbonyl (C=O) groups is 2. The van der Waals surface area contributed by atoms with Gasteiger partial charge in [0.05, 0.1) is 18.6 Å². The van der Waals surface area contributed by atoms with Gasteiger partial charge in [-0.3, -0.25) is 9.59 Å². The largest absolute Gasteiger partial charge is 0.466 e. The summed E-state index contributed by atoms with van der Waals surface area (Å²) in [5.41, 5.74) is -0.584. The van der Waals surface area contributed by atoms with E-state index in [0.717, 1.165) is 6.07 Å². The highest BCUT2D eigenvalue weighted by Crippen LogP contribution is 2.17. The van der Waals surface area contributed by atoms with E-state index in [-0.39, 0.29) is 26.1 Å². The van der Waals surface area contributed by atoms with Crippen LogP contribution >= 0.6 is 0 Å². The van der Waals surface area contributed by atoms with Gasteiger partial charge in [0.2, 0.25) is 0 Å². The van der Waals surface area contributed by atoms with Crippen LogP contribution in [-0.2, 0) is 14.3 Å². The third-order valence-electron chi connectivity index (χ3n) is 3.36. The van der Waals surface area contributed by atoms with E-state index in [1.54, 1.807) is 6.92 Å². The number of benzene rings is 1. The van der Waals surface area contributed by atoms with Crippen molar-refractivity contribution in [2.24, 2.45) is 0 Å². The average molecular weight is 361 g/mol. The van der Waals surface area contributed by atoms with Crippen LogP contribution in [0.4, 0.5) is 13.2 Å². The maximum Gasteiger partial charge on any atom is 0.307 e. The number of nitrogens with zero attached hydrogens (tertiary/aromatic N) is 1. The molecule has 0 heterocycles. The van der Waals surface area contributed by atoms with E-state index >= 15 is 0 Å². The number of hydrogen-bond acceptors (Lipinski definition) is 4. The minimum absolute atomic E-state index is 0.0256. The van der Waals surface area contributed by atoms with Gasteiger partial charge in [0.1, 0.15) is 0 Å². The standard InChI is InChI=1S/C17H22F3NO4/c1-3-24-11-5-9-21(10-8-14(22)25-4-2)17(23)12-6-7-13(18)16(20)15(12)19/h6-7H,3-5,8-11H2,1-2H3. The Labute approximate surface area is 144 Å². The Balaban J connectivity index is 2.87. The smallest absolute Gasteiger partial charge is 0.307 e. The van der Waals surface area contributed by atoms with E-state index in [1.807, 2.05) is 6.92 Å². The number of rotatable bonds is 10. The van der Waals surface area contributed by atoms with Crippen LogP contribution < -0.4 is 0 Å². The van der Waals surface area contributed by atoms with Gasteiger partial charge in [-0.05, 0) is 32.4 Å². The molecule has 1 aromatic rings. The van der Waals surface area contributed by atoms with Crippen molar-refractivity contribution in [2.75, 3.05) is 32.9 Å². The number of hydrogen-bond donors (Lipinski definition) is 0. The SMILES string of the molecule is CCOCCCN(CCC(=O)OCC)C(=O)c1ccc(F)c(F)c1F.